The topological polar surface area (TPSA) is 63.2 Å². The van der Waals surface area contributed by atoms with E-state index in [0.29, 0.717) is 37.6 Å². The van der Waals surface area contributed by atoms with E-state index in [-0.39, 0.29) is 22.4 Å². The molecule has 0 radical (unpaired) electrons. The van der Waals surface area contributed by atoms with Crippen LogP contribution in [0.2, 0.25) is 0 Å². The zero-order chi connectivity index (χ0) is 25.8. The minimum Gasteiger partial charge on any atom is -0.465 e. The first kappa shape index (κ1) is 26.4. The van der Waals surface area contributed by atoms with E-state index in [9.17, 15) is 26.7 Å². The zero-order valence-corrected chi connectivity index (χ0v) is 19.5. The van der Waals surface area contributed by atoms with Gasteiger partial charge in [-0.15, -0.1) is 0 Å². The normalized spacial score (nSPS) is 14.9. The summed E-state index contributed by atoms with van der Waals surface area (Å²) in [5.74, 6) is -1.50. The zero-order valence-electron chi connectivity index (χ0n) is 19.5. The Bertz CT molecular complexity index is 1100. The number of hydrogen-bond acceptors (Lipinski definition) is 5. The van der Waals surface area contributed by atoms with Crippen LogP contribution in [-0.4, -0.2) is 51.6 Å². The second-order valence-electron chi connectivity index (χ2n) is 7.99. The van der Waals surface area contributed by atoms with Crippen molar-refractivity contribution in [2.45, 2.75) is 33.0 Å². The van der Waals surface area contributed by atoms with Crippen LogP contribution in [0.4, 0.5) is 33.3 Å². The number of esters is 1. The largest absolute Gasteiger partial charge is 0.465 e. The lowest BCUT2D eigenvalue weighted by molar-refractivity contribution is -0.138. The van der Waals surface area contributed by atoms with E-state index in [0.717, 1.165) is 6.07 Å². The first-order valence-corrected chi connectivity index (χ1v) is 10.8. The summed E-state index contributed by atoms with van der Waals surface area (Å²) in [6.45, 7) is 4.76. The highest BCUT2D eigenvalue weighted by atomic mass is 19.4. The number of anilines is 2. The van der Waals surface area contributed by atoms with Crippen LogP contribution in [0.25, 0.3) is 0 Å². The number of aryl methyl sites for hydroxylation is 1. The molecule has 11 heteroatoms. The summed E-state index contributed by atoms with van der Waals surface area (Å²) in [6, 6.07) is 6.84. The molecule has 0 saturated carbocycles. The van der Waals surface area contributed by atoms with Gasteiger partial charge in [-0.05, 0) is 48.7 Å². The number of nitrogens with one attached hydrogen (secondary N) is 1. The third-order valence-corrected chi connectivity index (χ3v) is 5.73. The third-order valence-electron chi connectivity index (χ3n) is 5.73. The Balaban J connectivity index is 1.95. The number of nitrogens with zero attached hydrogens (tertiary/aromatic N) is 2. The molecule has 0 atom stereocenters. The first-order valence-electron chi connectivity index (χ1n) is 10.8. The minimum absolute atomic E-state index is 0.0394. The number of rotatable bonds is 6. The van der Waals surface area contributed by atoms with Gasteiger partial charge in [-0.3, -0.25) is 4.99 Å². The van der Waals surface area contributed by atoms with Gasteiger partial charge in [0, 0.05) is 18.8 Å². The fraction of sp³-hybridized carbons (Fsp3) is 0.417. The molecule has 6 nitrogen and oxygen atoms in total. The van der Waals surface area contributed by atoms with Crippen molar-refractivity contribution >= 4 is 23.2 Å². The molecule has 0 amide bonds. The van der Waals surface area contributed by atoms with Crippen LogP contribution >= 0.6 is 0 Å². The molecule has 3 rings (SSSR count). The maximum absolute atomic E-state index is 13.9. The molecule has 2 aromatic rings. The van der Waals surface area contributed by atoms with Gasteiger partial charge in [-0.25, -0.2) is 13.6 Å². The number of alkyl halides is 5. The number of carbonyl (C=O) groups excluding carboxylic acids is 1. The SMILES string of the molecule is COC(=O)c1cc(N2CCOCC2)cc(C)c1NC(=NCc1cccc(C(F)(F)F)c1C)C(F)F. The van der Waals surface area contributed by atoms with Crippen LogP contribution in [-0.2, 0) is 22.2 Å². The van der Waals surface area contributed by atoms with Gasteiger partial charge in [-0.2, -0.15) is 13.2 Å². The predicted molar refractivity (Wildman–Crippen MR) is 122 cm³/mol. The Labute approximate surface area is 199 Å². The van der Waals surface area contributed by atoms with Gasteiger partial charge in [-0.1, -0.05) is 12.1 Å². The van der Waals surface area contributed by atoms with Crippen LogP contribution in [0.3, 0.4) is 0 Å². The average molecular weight is 499 g/mol. The number of carbonyl (C=O) groups is 1. The van der Waals surface area contributed by atoms with E-state index < -0.39 is 36.5 Å². The number of benzene rings is 2. The van der Waals surface area contributed by atoms with E-state index in [1.54, 1.807) is 19.1 Å². The molecule has 0 spiro atoms. The molecule has 2 aromatic carbocycles. The van der Waals surface area contributed by atoms with Crippen LogP contribution in [0.5, 0.6) is 0 Å². The number of morpholine rings is 1. The lowest BCUT2D eigenvalue weighted by Gasteiger charge is -2.30. The van der Waals surface area contributed by atoms with Gasteiger partial charge < -0.3 is 19.7 Å². The van der Waals surface area contributed by atoms with Crippen molar-refractivity contribution in [1.29, 1.82) is 0 Å². The molecular formula is C24H26F5N3O3. The third kappa shape index (κ3) is 6.27. The smallest absolute Gasteiger partial charge is 0.416 e. The summed E-state index contributed by atoms with van der Waals surface area (Å²) < 4.78 is 77.5. The highest BCUT2D eigenvalue weighted by Gasteiger charge is 2.32. The molecule has 1 N–H and O–H groups in total. The molecule has 1 saturated heterocycles. The summed E-state index contributed by atoms with van der Waals surface area (Å²) in [4.78, 5) is 18.4. The van der Waals surface area contributed by atoms with Crippen molar-refractivity contribution in [3.8, 4) is 0 Å². The Morgan fingerprint density at radius 1 is 1.20 bits per heavy atom. The first-order chi connectivity index (χ1) is 16.5. The summed E-state index contributed by atoms with van der Waals surface area (Å²) in [7, 11) is 1.18. The van der Waals surface area contributed by atoms with Crippen LogP contribution in [0.1, 0.15) is 32.6 Å². The molecule has 1 heterocycles. The number of ether oxygens (including phenoxy) is 2. The molecule has 190 valence electrons. The number of aliphatic imine (C=N–C) groups is 1. The molecule has 35 heavy (non-hydrogen) atoms. The average Bonchev–Trinajstić information content (AvgIpc) is 2.82. The van der Waals surface area contributed by atoms with Gasteiger partial charge in [0.25, 0.3) is 6.43 Å². The van der Waals surface area contributed by atoms with E-state index in [1.807, 2.05) is 4.90 Å². The number of amidine groups is 1. The maximum Gasteiger partial charge on any atom is 0.416 e. The van der Waals surface area contributed by atoms with Gasteiger partial charge in [0.2, 0.25) is 0 Å². The van der Waals surface area contributed by atoms with Crippen LogP contribution in [0.15, 0.2) is 35.3 Å². The molecule has 1 aliphatic rings. The monoisotopic (exact) mass is 499 g/mol. The summed E-state index contributed by atoms with van der Waals surface area (Å²) in [6.07, 6.45) is -7.63. The highest BCUT2D eigenvalue weighted by Crippen LogP contribution is 2.33. The van der Waals surface area contributed by atoms with Crippen molar-refractivity contribution in [2.24, 2.45) is 4.99 Å². The van der Waals surface area contributed by atoms with Gasteiger partial charge >= 0.3 is 12.1 Å². The molecule has 1 aliphatic heterocycles. The molecular weight excluding hydrogens is 473 g/mol. The predicted octanol–water partition coefficient (Wildman–Crippen LogP) is 5.22. The standard InChI is InChI=1S/C24H26F5N3O3/c1-14-11-17(32-7-9-35-10-8-32)12-18(23(33)34-3)20(14)31-22(21(25)26)30-13-16-5-4-6-19(15(16)2)24(27,28)29/h4-6,11-12,21H,7-10,13H2,1-3H3,(H,30,31). The quantitative estimate of drug-likeness (QED) is 0.256. The van der Waals surface area contributed by atoms with E-state index in [4.69, 9.17) is 9.47 Å². The van der Waals surface area contributed by atoms with Crippen molar-refractivity contribution in [3.05, 3.63) is 58.1 Å². The van der Waals surface area contributed by atoms with Crippen molar-refractivity contribution in [2.75, 3.05) is 43.6 Å². The number of methoxy groups -OCH3 is 1. The molecule has 0 bridgehead atoms. The Kier molecular flexibility index (Phi) is 8.31. The van der Waals surface area contributed by atoms with E-state index in [2.05, 4.69) is 10.3 Å². The Hall–Kier alpha value is -3.21. The maximum atomic E-state index is 13.9. The second-order valence-corrected chi connectivity index (χ2v) is 7.99. The molecule has 0 unspecified atom stereocenters. The molecule has 0 aromatic heterocycles. The van der Waals surface area contributed by atoms with Crippen molar-refractivity contribution in [1.82, 2.24) is 0 Å². The summed E-state index contributed by atoms with van der Waals surface area (Å²) >= 11 is 0. The van der Waals surface area contributed by atoms with Gasteiger partial charge in [0.1, 0.15) is 0 Å². The fourth-order valence-electron chi connectivity index (χ4n) is 3.83. The Morgan fingerprint density at radius 2 is 1.89 bits per heavy atom. The van der Waals surface area contributed by atoms with E-state index in [1.165, 1.54) is 26.2 Å². The number of hydrogen-bond donors (Lipinski definition) is 1. The van der Waals surface area contributed by atoms with Gasteiger partial charge in [0.05, 0.1) is 43.7 Å². The number of halogens is 5. The van der Waals surface area contributed by atoms with Crippen LogP contribution < -0.4 is 10.2 Å². The lowest BCUT2D eigenvalue weighted by atomic mass is 10.0. The van der Waals surface area contributed by atoms with E-state index >= 15 is 0 Å². The molecule has 0 aliphatic carbocycles. The second kappa shape index (κ2) is 11.0. The highest BCUT2D eigenvalue weighted by molar-refractivity contribution is 6.05. The Morgan fingerprint density at radius 3 is 2.49 bits per heavy atom. The molecule has 1 fully saturated rings. The fourth-order valence-corrected chi connectivity index (χ4v) is 3.83. The lowest BCUT2D eigenvalue weighted by Crippen LogP contribution is -2.36. The minimum atomic E-state index is -4.57. The van der Waals surface area contributed by atoms with Crippen molar-refractivity contribution in [3.63, 3.8) is 0 Å². The van der Waals surface area contributed by atoms with Gasteiger partial charge in [0.15, 0.2) is 5.84 Å². The van der Waals surface area contributed by atoms with Crippen LogP contribution in [0, 0.1) is 13.8 Å². The summed E-state index contributed by atoms with van der Waals surface area (Å²) in [5, 5.41) is 2.53. The summed E-state index contributed by atoms with van der Waals surface area (Å²) in [5.41, 5.74) is 0.571. The van der Waals surface area contributed by atoms with Crippen molar-refractivity contribution < 1.29 is 36.2 Å².